The molecule has 5 nitrogen and oxygen atoms in total. The van der Waals surface area contributed by atoms with Crippen LogP contribution in [0.1, 0.15) is 11.1 Å². The maximum atomic E-state index is 12.3. The number of nitriles is 1. The molecule has 0 radical (unpaired) electrons. The number of nitrogens with one attached hydrogen (secondary N) is 1. The number of aromatic amines is 1. The van der Waals surface area contributed by atoms with E-state index in [0.717, 1.165) is 38.7 Å². The topological polar surface area (TPSA) is 82.4 Å². The van der Waals surface area contributed by atoms with Crippen molar-refractivity contribution in [1.29, 1.82) is 5.26 Å². The van der Waals surface area contributed by atoms with Crippen LogP contribution in [0.2, 0.25) is 0 Å². The molecule has 0 unspecified atom stereocenters. The van der Waals surface area contributed by atoms with E-state index in [1.807, 2.05) is 66.7 Å². The van der Waals surface area contributed by atoms with Crippen LogP contribution in [0.25, 0.3) is 44.3 Å². The van der Waals surface area contributed by atoms with E-state index in [-0.39, 0.29) is 5.56 Å². The first-order valence-electron chi connectivity index (χ1n) is 9.54. The lowest BCUT2D eigenvalue weighted by molar-refractivity contribution is 1.19. The maximum Gasteiger partial charge on any atom is 0.267 e. The standard InChI is InChI=1S/C25H16N4O/c1-15-19-13-20(17-9-10-22-18(12-17)8-5-11-27-22)23(16-6-3-2-4-7-16)28-24(19)29-25(30)21(15)14-26/h2-13H,1H3,(H,28,29,30). The molecular weight excluding hydrogens is 372 g/mol. The predicted molar refractivity (Wildman–Crippen MR) is 118 cm³/mol. The molecule has 0 saturated carbocycles. The number of pyridine rings is 3. The van der Waals surface area contributed by atoms with Crippen LogP contribution in [0.3, 0.4) is 0 Å². The molecule has 0 amide bonds. The minimum absolute atomic E-state index is 0.116. The second-order valence-corrected chi connectivity index (χ2v) is 7.12. The normalized spacial score (nSPS) is 10.9. The van der Waals surface area contributed by atoms with E-state index >= 15 is 0 Å². The van der Waals surface area contributed by atoms with Gasteiger partial charge in [0.05, 0.1) is 11.2 Å². The van der Waals surface area contributed by atoms with Crippen molar-refractivity contribution >= 4 is 21.9 Å². The zero-order valence-corrected chi connectivity index (χ0v) is 16.2. The Labute approximate surface area is 172 Å². The summed E-state index contributed by atoms with van der Waals surface area (Å²) >= 11 is 0. The zero-order chi connectivity index (χ0) is 20.7. The highest BCUT2D eigenvalue weighted by Crippen LogP contribution is 2.35. The average Bonchev–Trinajstić information content (AvgIpc) is 2.79. The van der Waals surface area contributed by atoms with Gasteiger partial charge in [0.15, 0.2) is 0 Å². The van der Waals surface area contributed by atoms with E-state index < -0.39 is 5.56 Å². The maximum absolute atomic E-state index is 12.3. The van der Waals surface area contributed by atoms with Gasteiger partial charge in [0.2, 0.25) is 0 Å². The Hall–Kier alpha value is -4.30. The first-order valence-corrected chi connectivity index (χ1v) is 9.54. The zero-order valence-electron chi connectivity index (χ0n) is 16.2. The number of nitrogens with zero attached hydrogens (tertiary/aromatic N) is 3. The summed E-state index contributed by atoms with van der Waals surface area (Å²) in [4.78, 5) is 24.3. The minimum Gasteiger partial charge on any atom is -0.305 e. The lowest BCUT2D eigenvalue weighted by Gasteiger charge is -2.13. The molecule has 2 aromatic carbocycles. The van der Waals surface area contributed by atoms with Gasteiger partial charge in [0.25, 0.3) is 5.56 Å². The number of fused-ring (bicyclic) bond motifs is 2. The van der Waals surface area contributed by atoms with Crippen molar-refractivity contribution in [3.8, 4) is 28.5 Å². The van der Waals surface area contributed by atoms with E-state index in [1.165, 1.54) is 0 Å². The van der Waals surface area contributed by atoms with Crippen molar-refractivity contribution in [2.75, 3.05) is 0 Å². The van der Waals surface area contributed by atoms with Gasteiger partial charge in [-0.05, 0) is 42.3 Å². The second-order valence-electron chi connectivity index (χ2n) is 7.12. The summed E-state index contributed by atoms with van der Waals surface area (Å²) in [5.41, 5.74) is 5.36. The molecule has 0 saturated heterocycles. The first-order chi connectivity index (χ1) is 14.7. The molecule has 142 valence electrons. The van der Waals surface area contributed by atoms with Crippen LogP contribution in [0.4, 0.5) is 0 Å². The molecule has 3 heterocycles. The molecule has 5 rings (SSSR count). The van der Waals surface area contributed by atoms with Gasteiger partial charge in [-0.2, -0.15) is 5.26 Å². The highest BCUT2D eigenvalue weighted by molar-refractivity contribution is 5.94. The lowest BCUT2D eigenvalue weighted by atomic mass is 9.95. The Morgan fingerprint density at radius 3 is 2.60 bits per heavy atom. The number of H-pyrrole nitrogens is 1. The Morgan fingerprint density at radius 2 is 1.80 bits per heavy atom. The van der Waals surface area contributed by atoms with Crippen LogP contribution in [0, 0.1) is 18.3 Å². The lowest BCUT2D eigenvalue weighted by Crippen LogP contribution is -2.13. The van der Waals surface area contributed by atoms with Gasteiger partial charge in [-0.1, -0.05) is 42.5 Å². The van der Waals surface area contributed by atoms with Gasteiger partial charge in [-0.3, -0.25) is 9.78 Å². The summed E-state index contributed by atoms with van der Waals surface area (Å²) in [5.74, 6) is 0. The largest absolute Gasteiger partial charge is 0.305 e. The molecule has 0 aliphatic heterocycles. The fraction of sp³-hybridized carbons (Fsp3) is 0.0400. The molecule has 5 aromatic rings. The van der Waals surface area contributed by atoms with Crippen LogP contribution in [0.15, 0.2) is 77.7 Å². The molecule has 0 atom stereocenters. The van der Waals surface area contributed by atoms with E-state index in [9.17, 15) is 10.1 Å². The molecular formula is C25H16N4O. The first kappa shape index (κ1) is 17.8. The molecule has 0 aliphatic rings. The third-order valence-electron chi connectivity index (χ3n) is 5.33. The van der Waals surface area contributed by atoms with Gasteiger partial charge in [0, 0.05) is 28.1 Å². The van der Waals surface area contributed by atoms with E-state index in [4.69, 9.17) is 4.98 Å². The summed E-state index contributed by atoms with van der Waals surface area (Å²) in [5, 5.41) is 11.2. The predicted octanol–water partition coefficient (Wildman–Crippen LogP) is 4.99. The molecule has 0 bridgehead atoms. The second kappa shape index (κ2) is 6.94. The van der Waals surface area contributed by atoms with Crippen molar-refractivity contribution < 1.29 is 0 Å². The van der Waals surface area contributed by atoms with Crippen molar-refractivity contribution in [1.82, 2.24) is 15.0 Å². The van der Waals surface area contributed by atoms with Crippen LogP contribution >= 0.6 is 0 Å². The van der Waals surface area contributed by atoms with Crippen molar-refractivity contribution in [3.63, 3.8) is 0 Å². The molecule has 5 heteroatoms. The number of rotatable bonds is 2. The molecule has 3 aromatic heterocycles. The van der Waals surface area contributed by atoms with Gasteiger partial charge >= 0.3 is 0 Å². The van der Waals surface area contributed by atoms with Crippen molar-refractivity contribution in [3.05, 3.63) is 94.4 Å². The van der Waals surface area contributed by atoms with Crippen LogP contribution in [0.5, 0.6) is 0 Å². The van der Waals surface area contributed by atoms with Gasteiger partial charge in [-0.25, -0.2) is 4.98 Å². The van der Waals surface area contributed by atoms with Crippen LogP contribution in [-0.2, 0) is 0 Å². The number of hydrogen-bond donors (Lipinski definition) is 1. The van der Waals surface area contributed by atoms with Gasteiger partial charge in [0.1, 0.15) is 17.3 Å². The number of aromatic nitrogens is 3. The Morgan fingerprint density at radius 1 is 0.967 bits per heavy atom. The summed E-state index contributed by atoms with van der Waals surface area (Å²) in [6.45, 7) is 1.79. The van der Waals surface area contributed by atoms with Gasteiger partial charge < -0.3 is 4.98 Å². The summed E-state index contributed by atoms with van der Waals surface area (Å²) < 4.78 is 0. The fourth-order valence-electron chi connectivity index (χ4n) is 3.78. The van der Waals surface area contributed by atoms with Crippen molar-refractivity contribution in [2.24, 2.45) is 0 Å². The average molecular weight is 388 g/mol. The molecule has 1 N–H and O–H groups in total. The van der Waals surface area contributed by atoms with Crippen LogP contribution in [-0.4, -0.2) is 15.0 Å². The number of aryl methyl sites for hydroxylation is 1. The van der Waals surface area contributed by atoms with Crippen LogP contribution < -0.4 is 5.56 Å². The third-order valence-corrected chi connectivity index (χ3v) is 5.33. The van der Waals surface area contributed by atoms with E-state index in [1.54, 1.807) is 13.1 Å². The third kappa shape index (κ3) is 2.83. The van der Waals surface area contributed by atoms with E-state index in [0.29, 0.717) is 11.2 Å². The summed E-state index contributed by atoms with van der Waals surface area (Å²) in [6, 6.07) is 23.9. The summed E-state index contributed by atoms with van der Waals surface area (Å²) in [6.07, 6.45) is 1.78. The Bertz CT molecular complexity index is 1530. The van der Waals surface area contributed by atoms with E-state index in [2.05, 4.69) is 16.0 Å². The highest BCUT2D eigenvalue weighted by Gasteiger charge is 2.16. The molecule has 0 fully saturated rings. The Balaban J connectivity index is 1.88. The fourth-order valence-corrected chi connectivity index (χ4v) is 3.78. The monoisotopic (exact) mass is 388 g/mol. The quantitative estimate of drug-likeness (QED) is 0.462. The summed E-state index contributed by atoms with van der Waals surface area (Å²) in [7, 11) is 0. The molecule has 0 spiro atoms. The number of benzene rings is 2. The smallest absolute Gasteiger partial charge is 0.267 e. The molecule has 0 aliphatic carbocycles. The molecule has 30 heavy (non-hydrogen) atoms. The highest BCUT2D eigenvalue weighted by atomic mass is 16.1. The number of hydrogen-bond acceptors (Lipinski definition) is 4. The minimum atomic E-state index is -0.418. The SMILES string of the molecule is Cc1c(C#N)c(=O)[nH]c2nc(-c3ccccc3)c(-c3ccc4ncccc4c3)cc12. The van der Waals surface area contributed by atoms with Crippen molar-refractivity contribution in [2.45, 2.75) is 6.92 Å². The van der Waals surface area contributed by atoms with Gasteiger partial charge in [-0.15, -0.1) is 0 Å². The Kier molecular flexibility index (Phi) is 4.11.